The quantitative estimate of drug-likeness (QED) is 0.307. The Balaban J connectivity index is 1.74. The molecule has 0 bridgehead atoms. The first-order valence-corrected chi connectivity index (χ1v) is 11.9. The summed E-state index contributed by atoms with van der Waals surface area (Å²) in [6, 6.07) is 19.2. The first-order valence-electron chi connectivity index (χ1n) is 11.1. The molecule has 0 saturated heterocycles. The van der Waals surface area contributed by atoms with Crippen molar-refractivity contribution in [3.05, 3.63) is 98.3 Å². The van der Waals surface area contributed by atoms with Crippen molar-refractivity contribution in [3.8, 4) is 11.5 Å². The van der Waals surface area contributed by atoms with E-state index in [1.807, 2.05) is 62.4 Å². The molecule has 34 heavy (non-hydrogen) atoms. The lowest BCUT2D eigenvalue weighted by molar-refractivity contribution is 0.0971. The highest BCUT2D eigenvalue weighted by Crippen LogP contribution is 2.42. The number of halogens is 1. The van der Waals surface area contributed by atoms with E-state index in [0.717, 1.165) is 10.0 Å². The van der Waals surface area contributed by atoms with Crippen LogP contribution in [0, 0.1) is 0 Å². The minimum atomic E-state index is -0.666. The monoisotopic (exact) mass is 519 g/mol. The van der Waals surface area contributed by atoms with Crippen LogP contribution >= 0.6 is 15.9 Å². The second-order valence-corrected chi connectivity index (χ2v) is 8.74. The van der Waals surface area contributed by atoms with Crippen molar-refractivity contribution in [2.24, 2.45) is 0 Å². The van der Waals surface area contributed by atoms with Crippen LogP contribution in [0.4, 0.5) is 5.69 Å². The van der Waals surface area contributed by atoms with Gasteiger partial charge >= 0.3 is 0 Å². The number of ether oxygens (including phenoxy) is 2. The Hall–Kier alpha value is -3.58. The van der Waals surface area contributed by atoms with Crippen molar-refractivity contribution in [3.63, 3.8) is 0 Å². The van der Waals surface area contributed by atoms with Crippen LogP contribution in [0.5, 0.6) is 11.5 Å². The Bertz CT molecular complexity index is 1440. The van der Waals surface area contributed by atoms with E-state index in [1.165, 1.54) is 0 Å². The summed E-state index contributed by atoms with van der Waals surface area (Å²) in [6.07, 6.45) is 0. The molecular formula is C27H22BrNO5. The van der Waals surface area contributed by atoms with Crippen LogP contribution < -0.4 is 19.8 Å². The molecule has 2 heterocycles. The first kappa shape index (κ1) is 22.2. The van der Waals surface area contributed by atoms with Gasteiger partial charge in [-0.25, -0.2) is 0 Å². The number of amides is 1. The molecule has 1 unspecified atom stereocenters. The van der Waals surface area contributed by atoms with Gasteiger partial charge in [0.1, 0.15) is 17.1 Å². The third-order valence-electron chi connectivity index (χ3n) is 5.74. The van der Waals surface area contributed by atoms with Gasteiger partial charge in [-0.15, -0.1) is 0 Å². The minimum Gasteiger partial charge on any atom is -0.494 e. The van der Waals surface area contributed by atoms with E-state index in [9.17, 15) is 9.59 Å². The van der Waals surface area contributed by atoms with Crippen LogP contribution in [0.2, 0.25) is 0 Å². The van der Waals surface area contributed by atoms with Crippen molar-refractivity contribution < 1.29 is 18.7 Å². The lowest BCUT2D eigenvalue weighted by atomic mass is 9.98. The van der Waals surface area contributed by atoms with Crippen molar-refractivity contribution in [1.82, 2.24) is 0 Å². The molecule has 5 rings (SSSR count). The molecule has 1 aromatic heterocycles. The van der Waals surface area contributed by atoms with E-state index in [1.54, 1.807) is 23.1 Å². The Morgan fingerprint density at radius 3 is 2.38 bits per heavy atom. The molecule has 0 N–H and O–H groups in total. The third kappa shape index (κ3) is 3.76. The average molecular weight is 520 g/mol. The molecule has 4 aromatic rings. The summed E-state index contributed by atoms with van der Waals surface area (Å²) >= 11 is 3.43. The van der Waals surface area contributed by atoms with Crippen LogP contribution in [0.25, 0.3) is 11.0 Å². The van der Waals surface area contributed by atoms with Gasteiger partial charge in [0.05, 0.1) is 30.2 Å². The van der Waals surface area contributed by atoms with Crippen molar-refractivity contribution >= 4 is 38.5 Å². The summed E-state index contributed by atoms with van der Waals surface area (Å²) in [5, 5.41) is 0.417. The molecule has 0 fully saturated rings. The maximum absolute atomic E-state index is 13.7. The van der Waals surface area contributed by atoms with Gasteiger partial charge in [-0.2, -0.15) is 0 Å². The van der Waals surface area contributed by atoms with E-state index in [-0.39, 0.29) is 17.1 Å². The number of carbonyl (C=O) groups excluding carboxylic acids is 1. The van der Waals surface area contributed by atoms with Gasteiger partial charge < -0.3 is 13.9 Å². The van der Waals surface area contributed by atoms with Crippen LogP contribution in [-0.2, 0) is 0 Å². The Morgan fingerprint density at radius 1 is 0.912 bits per heavy atom. The molecule has 3 aromatic carbocycles. The maximum Gasteiger partial charge on any atom is 0.295 e. The summed E-state index contributed by atoms with van der Waals surface area (Å²) in [4.78, 5) is 29.0. The van der Waals surface area contributed by atoms with Crippen molar-refractivity contribution in [2.45, 2.75) is 19.9 Å². The van der Waals surface area contributed by atoms with E-state index in [4.69, 9.17) is 13.9 Å². The fraction of sp³-hybridized carbons (Fsp3) is 0.185. The van der Waals surface area contributed by atoms with Crippen LogP contribution in [0.1, 0.15) is 41.6 Å². The molecule has 6 nitrogen and oxygen atoms in total. The molecule has 1 atom stereocenters. The smallest absolute Gasteiger partial charge is 0.295 e. The molecule has 172 valence electrons. The predicted octanol–water partition coefficient (Wildman–Crippen LogP) is 6.10. The van der Waals surface area contributed by atoms with Gasteiger partial charge in [0.25, 0.3) is 5.91 Å². The number of rotatable bonds is 6. The molecule has 7 heteroatoms. The number of benzene rings is 3. The maximum atomic E-state index is 13.7. The van der Waals surface area contributed by atoms with E-state index in [0.29, 0.717) is 46.9 Å². The topological polar surface area (TPSA) is 69.0 Å². The molecule has 1 amide bonds. The van der Waals surface area contributed by atoms with Gasteiger partial charge in [-0.05, 0) is 74.0 Å². The number of fused-ring (bicyclic) bond motifs is 2. The summed E-state index contributed by atoms with van der Waals surface area (Å²) in [7, 11) is 0. The zero-order chi connectivity index (χ0) is 23.8. The van der Waals surface area contributed by atoms with Crippen LogP contribution in [0.15, 0.2) is 80.4 Å². The highest BCUT2D eigenvalue weighted by molar-refractivity contribution is 9.10. The molecule has 0 radical (unpaired) electrons. The molecule has 0 saturated carbocycles. The highest BCUT2D eigenvalue weighted by Gasteiger charge is 2.43. The number of carbonyl (C=O) groups is 1. The van der Waals surface area contributed by atoms with Gasteiger partial charge in [-0.3, -0.25) is 14.5 Å². The summed E-state index contributed by atoms with van der Waals surface area (Å²) in [5.41, 5.74) is 1.85. The van der Waals surface area contributed by atoms with E-state index >= 15 is 0 Å². The number of hydrogen-bond donors (Lipinski definition) is 0. The lowest BCUT2D eigenvalue weighted by Gasteiger charge is -2.25. The van der Waals surface area contributed by atoms with Gasteiger partial charge in [0.15, 0.2) is 5.43 Å². The van der Waals surface area contributed by atoms with Crippen molar-refractivity contribution in [1.29, 1.82) is 0 Å². The third-order valence-corrected chi connectivity index (χ3v) is 6.24. The summed E-state index contributed by atoms with van der Waals surface area (Å²) in [5.74, 6) is 1.06. The normalized spacial score (nSPS) is 15.0. The standard InChI is InChI=1S/C27H22BrNO5/c1-3-32-19-11-9-18(10-12-19)29-24(16-6-5-7-20(14-16)33-4-2)23-25(30)21-15-17(28)8-13-22(21)34-26(23)27(29)31/h5-15,24H,3-4H2,1-2H3. The number of nitrogens with zero attached hydrogens (tertiary/aromatic N) is 1. The van der Waals surface area contributed by atoms with Crippen LogP contribution in [0.3, 0.4) is 0 Å². The fourth-order valence-corrected chi connectivity index (χ4v) is 4.70. The number of hydrogen-bond acceptors (Lipinski definition) is 5. The first-order chi connectivity index (χ1) is 16.5. The molecule has 0 spiro atoms. The molecular weight excluding hydrogens is 498 g/mol. The summed E-state index contributed by atoms with van der Waals surface area (Å²) in [6.45, 7) is 4.87. The zero-order valence-electron chi connectivity index (χ0n) is 18.7. The second kappa shape index (κ2) is 8.99. The minimum absolute atomic E-state index is 0.0560. The molecule has 1 aliphatic heterocycles. The molecule has 1 aliphatic rings. The van der Waals surface area contributed by atoms with Gasteiger partial charge in [-0.1, -0.05) is 28.1 Å². The fourth-order valence-electron chi connectivity index (χ4n) is 4.34. The molecule has 0 aliphatic carbocycles. The number of anilines is 1. The summed E-state index contributed by atoms with van der Waals surface area (Å²) < 4.78 is 18.0. The largest absolute Gasteiger partial charge is 0.494 e. The van der Waals surface area contributed by atoms with E-state index < -0.39 is 6.04 Å². The van der Waals surface area contributed by atoms with Gasteiger partial charge in [0, 0.05) is 10.2 Å². The second-order valence-electron chi connectivity index (χ2n) is 7.82. The SMILES string of the molecule is CCOc1ccc(N2C(=O)c3oc4ccc(Br)cc4c(=O)c3C2c2cccc(OCC)c2)cc1. The Kier molecular flexibility index (Phi) is 5.87. The van der Waals surface area contributed by atoms with Crippen LogP contribution in [-0.4, -0.2) is 19.1 Å². The Labute approximate surface area is 204 Å². The predicted molar refractivity (Wildman–Crippen MR) is 134 cm³/mol. The Morgan fingerprint density at radius 2 is 1.65 bits per heavy atom. The lowest BCUT2D eigenvalue weighted by Crippen LogP contribution is -2.29. The highest BCUT2D eigenvalue weighted by atomic mass is 79.9. The van der Waals surface area contributed by atoms with E-state index in [2.05, 4.69) is 15.9 Å². The average Bonchev–Trinajstić information content (AvgIpc) is 3.13. The van der Waals surface area contributed by atoms with Gasteiger partial charge in [0.2, 0.25) is 5.76 Å². The van der Waals surface area contributed by atoms with Crippen molar-refractivity contribution in [2.75, 3.05) is 18.1 Å². The zero-order valence-corrected chi connectivity index (χ0v) is 20.3.